The Morgan fingerprint density at radius 3 is 2.48 bits per heavy atom. The van der Waals surface area contributed by atoms with E-state index in [0.717, 1.165) is 19.0 Å². The molecule has 1 aliphatic rings. The average molecular weight is 289 g/mol. The molecule has 1 saturated heterocycles. The zero-order chi connectivity index (χ0) is 15.2. The molecular weight excluding hydrogens is 258 g/mol. The Balaban J connectivity index is 1.93. The summed E-state index contributed by atoms with van der Waals surface area (Å²) in [4.78, 5) is 4.83. The van der Waals surface area contributed by atoms with E-state index in [4.69, 9.17) is 0 Å². The highest BCUT2D eigenvalue weighted by atomic mass is 15.1. The number of hydrogen-bond acceptors (Lipinski definition) is 3. The van der Waals surface area contributed by atoms with E-state index in [1.54, 1.807) is 0 Å². The zero-order valence-corrected chi connectivity index (χ0v) is 14.1. The van der Waals surface area contributed by atoms with Crippen LogP contribution in [0.15, 0.2) is 24.3 Å². The van der Waals surface area contributed by atoms with Crippen LogP contribution in [0.3, 0.4) is 0 Å². The molecule has 1 aromatic rings. The lowest BCUT2D eigenvalue weighted by atomic mass is 9.92. The van der Waals surface area contributed by atoms with Gasteiger partial charge in [0.1, 0.15) is 0 Å². The summed E-state index contributed by atoms with van der Waals surface area (Å²) >= 11 is 0. The molecule has 0 spiro atoms. The largest absolute Gasteiger partial charge is 0.382 e. The van der Waals surface area contributed by atoms with E-state index in [-0.39, 0.29) is 0 Å². The van der Waals surface area contributed by atoms with Crippen molar-refractivity contribution in [3.05, 3.63) is 24.3 Å². The zero-order valence-electron chi connectivity index (χ0n) is 14.1. The van der Waals surface area contributed by atoms with Crippen LogP contribution < -0.4 is 10.2 Å². The topological polar surface area (TPSA) is 18.5 Å². The third kappa shape index (κ3) is 4.37. The van der Waals surface area contributed by atoms with Crippen LogP contribution in [0.5, 0.6) is 0 Å². The second kappa shape index (κ2) is 7.69. The van der Waals surface area contributed by atoms with Gasteiger partial charge in [0.15, 0.2) is 0 Å². The molecule has 2 atom stereocenters. The van der Waals surface area contributed by atoms with Crippen LogP contribution in [-0.4, -0.2) is 44.2 Å². The molecule has 2 unspecified atom stereocenters. The van der Waals surface area contributed by atoms with Gasteiger partial charge in [0.25, 0.3) is 0 Å². The van der Waals surface area contributed by atoms with Crippen molar-refractivity contribution >= 4 is 11.4 Å². The van der Waals surface area contributed by atoms with Crippen LogP contribution in [0.4, 0.5) is 11.4 Å². The van der Waals surface area contributed by atoms with Crippen molar-refractivity contribution in [1.29, 1.82) is 0 Å². The quantitative estimate of drug-likeness (QED) is 0.862. The van der Waals surface area contributed by atoms with Crippen LogP contribution in [0.25, 0.3) is 0 Å². The van der Waals surface area contributed by atoms with Gasteiger partial charge in [-0.25, -0.2) is 0 Å². The van der Waals surface area contributed by atoms with Crippen molar-refractivity contribution in [1.82, 2.24) is 4.90 Å². The van der Waals surface area contributed by atoms with E-state index in [1.165, 1.54) is 37.3 Å². The number of rotatable bonds is 6. The van der Waals surface area contributed by atoms with Gasteiger partial charge in [-0.1, -0.05) is 0 Å². The van der Waals surface area contributed by atoms with Gasteiger partial charge in [-0.15, -0.1) is 0 Å². The predicted octanol–water partition coefficient (Wildman–Crippen LogP) is 3.68. The molecule has 118 valence electrons. The first-order chi connectivity index (χ1) is 10.1. The van der Waals surface area contributed by atoms with Gasteiger partial charge in [0.05, 0.1) is 0 Å². The molecule has 0 aromatic heterocycles. The van der Waals surface area contributed by atoms with E-state index < -0.39 is 0 Å². The van der Waals surface area contributed by atoms with Crippen molar-refractivity contribution < 1.29 is 0 Å². The average Bonchev–Trinajstić information content (AvgIpc) is 2.50. The molecule has 3 heteroatoms. The Hall–Kier alpha value is -1.22. The molecule has 0 radical (unpaired) electrons. The number of piperidine rings is 1. The maximum Gasteiger partial charge on any atom is 0.0367 e. The third-order valence-corrected chi connectivity index (χ3v) is 4.76. The van der Waals surface area contributed by atoms with Gasteiger partial charge in [-0.05, 0) is 77.4 Å². The van der Waals surface area contributed by atoms with Crippen LogP contribution in [0.2, 0.25) is 0 Å². The fourth-order valence-corrected chi connectivity index (χ4v) is 3.35. The van der Waals surface area contributed by atoms with Crippen molar-refractivity contribution in [2.75, 3.05) is 43.4 Å². The lowest BCUT2D eigenvalue weighted by molar-refractivity contribution is 0.197. The molecular formula is C18H31N3. The Morgan fingerprint density at radius 1 is 1.24 bits per heavy atom. The minimum atomic E-state index is 0.534. The fraction of sp³-hybridized carbons (Fsp3) is 0.667. The smallest absolute Gasteiger partial charge is 0.0367 e. The van der Waals surface area contributed by atoms with Gasteiger partial charge in [-0.3, -0.25) is 0 Å². The van der Waals surface area contributed by atoms with Gasteiger partial charge in [-0.2, -0.15) is 0 Å². The highest BCUT2D eigenvalue weighted by Gasteiger charge is 2.22. The Labute approximate surface area is 130 Å². The van der Waals surface area contributed by atoms with Crippen molar-refractivity contribution in [3.63, 3.8) is 0 Å². The molecule has 3 nitrogen and oxygen atoms in total. The number of hydrogen-bond donors (Lipinski definition) is 1. The molecule has 0 aliphatic carbocycles. The van der Waals surface area contributed by atoms with E-state index in [1.807, 2.05) is 0 Å². The van der Waals surface area contributed by atoms with E-state index in [2.05, 4.69) is 67.2 Å². The fourth-order valence-electron chi connectivity index (χ4n) is 3.35. The summed E-state index contributed by atoms with van der Waals surface area (Å²) in [6.45, 7) is 11.3. The predicted molar refractivity (Wildman–Crippen MR) is 93.3 cm³/mol. The summed E-state index contributed by atoms with van der Waals surface area (Å²) in [5.74, 6) is 0.756. The van der Waals surface area contributed by atoms with Gasteiger partial charge >= 0.3 is 0 Å². The second-order valence-electron chi connectivity index (χ2n) is 6.32. The molecule has 0 saturated carbocycles. The Bertz CT molecular complexity index is 411. The molecule has 0 amide bonds. The number of likely N-dealkylation sites (tertiary alicyclic amines) is 1. The Morgan fingerprint density at radius 2 is 1.90 bits per heavy atom. The van der Waals surface area contributed by atoms with Crippen LogP contribution in [0.1, 0.15) is 33.6 Å². The van der Waals surface area contributed by atoms with Gasteiger partial charge < -0.3 is 15.1 Å². The van der Waals surface area contributed by atoms with E-state index >= 15 is 0 Å². The Kier molecular flexibility index (Phi) is 5.92. The summed E-state index contributed by atoms with van der Waals surface area (Å²) in [5, 5.41) is 3.69. The second-order valence-corrected chi connectivity index (χ2v) is 6.32. The first-order valence-electron chi connectivity index (χ1n) is 8.44. The number of nitrogens with one attached hydrogen (secondary N) is 1. The first-order valence-corrected chi connectivity index (χ1v) is 8.44. The first kappa shape index (κ1) is 16.2. The number of nitrogens with zero attached hydrogens (tertiary/aromatic N) is 2. The summed E-state index contributed by atoms with van der Waals surface area (Å²) in [6.07, 6.45) is 2.67. The molecule has 1 fully saturated rings. The van der Waals surface area contributed by atoms with E-state index in [0.29, 0.717) is 6.04 Å². The van der Waals surface area contributed by atoms with E-state index in [9.17, 15) is 0 Å². The number of anilines is 2. The highest BCUT2D eigenvalue weighted by Crippen LogP contribution is 2.23. The van der Waals surface area contributed by atoms with Crippen LogP contribution in [0, 0.1) is 5.92 Å². The summed E-state index contributed by atoms with van der Waals surface area (Å²) in [7, 11) is 2.23. The van der Waals surface area contributed by atoms with Crippen molar-refractivity contribution in [2.24, 2.45) is 5.92 Å². The lowest BCUT2D eigenvalue weighted by Gasteiger charge is -2.34. The molecule has 0 bridgehead atoms. The molecule has 1 aliphatic heterocycles. The van der Waals surface area contributed by atoms with Crippen molar-refractivity contribution in [3.8, 4) is 0 Å². The normalized spacial score (nSPS) is 21.0. The number of benzene rings is 1. The van der Waals surface area contributed by atoms with Gasteiger partial charge in [0, 0.05) is 37.1 Å². The molecule has 2 rings (SSSR count). The standard InChI is InChI=1S/C18H31N3/c1-5-21(6-2)18-11-9-17(10-12-18)19-15(3)16-8-7-13-20(4)14-16/h9-12,15-16,19H,5-8,13-14H2,1-4H3. The van der Waals surface area contributed by atoms with Crippen LogP contribution in [-0.2, 0) is 0 Å². The maximum absolute atomic E-state index is 3.69. The van der Waals surface area contributed by atoms with Crippen LogP contribution >= 0.6 is 0 Å². The molecule has 21 heavy (non-hydrogen) atoms. The monoisotopic (exact) mass is 289 g/mol. The highest BCUT2D eigenvalue weighted by molar-refractivity contribution is 5.55. The van der Waals surface area contributed by atoms with Crippen molar-refractivity contribution in [2.45, 2.75) is 39.7 Å². The maximum atomic E-state index is 3.69. The molecule has 1 heterocycles. The summed E-state index contributed by atoms with van der Waals surface area (Å²) < 4.78 is 0. The minimum absolute atomic E-state index is 0.534. The summed E-state index contributed by atoms with van der Waals surface area (Å²) in [5.41, 5.74) is 2.56. The van der Waals surface area contributed by atoms with Gasteiger partial charge in [0.2, 0.25) is 0 Å². The minimum Gasteiger partial charge on any atom is -0.382 e. The molecule has 1 aromatic carbocycles. The third-order valence-electron chi connectivity index (χ3n) is 4.76. The SMILES string of the molecule is CCN(CC)c1ccc(NC(C)C2CCCN(C)C2)cc1. The molecule has 1 N–H and O–H groups in total. The summed E-state index contributed by atoms with van der Waals surface area (Å²) in [6, 6.07) is 9.43. The lowest BCUT2D eigenvalue weighted by Crippen LogP contribution is -2.39.